The van der Waals surface area contributed by atoms with E-state index in [9.17, 15) is 4.79 Å². The fourth-order valence-corrected chi connectivity index (χ4v) is 3.54. The Hall–Kier alpha value is -1.15. The van der Waals surface area contributed by atoms with Crippen molar-refractivity contribution in [3.63, 3.8) is 0 Å². The van der Waals surface area contributed by atoms with Gasteiger partial charge in [-0.1, -0.05) is 26.0 Å². The second kappa shape index (κ2) is 7.03. The van der Waals surface area contributed by atoms with E-state index in [2.05, 4.69) is 39.8 Å². The van der Waals surface area contributed by atoms with Gasteiger partial charge in [0.1, 0.15) is 5.37 Å². The summed E-state index contributed by atoms with van der Waals surface area (Å²) < 4.78 is 0. The van der Waals surface area contributed by atoms with Crippen LogP contribution in [0.25, 0.3) is 0 Å². The van der Waals surface area contributed by atoms with Gasteiger partial charge in [-0.3, -0.25) is 4.79 Å². The summed E-state index contributed by atoms with van der Waals surface area (Å²) in [5.74, 6) is 2.11. The number of carbonyl (C=O) groups is 1. The predicted molar refractivity (Wildman–Crippen MR) is 78.0 cm³/mol. The largest absolute Gasteiger partial charge is 0.321 e. The minimum atomic E-state index is -0.131. The number of H-pyrrole nitrogens is 1. The second-order valence-corrected chi connectivity index (χ2v) is 6.45. The lowest BCUT2D eigenvalue weighted by molar-refractivity contribution is -0.134. The molecule has 0 aliphatic carbocycles. The molecule has 8 heteroatoms. The van der Waals surface area contributed by atoms with Gasteiger partial charge in [-0.05, 0) is 18.9 Å². The lowest BCUT2D eigenvalue weighted by Gasteiger charge is -2.27. The molecular weight excluding hydrogens is 276 g/mol. The van der Waals surface area contributed by atoms with E-state index in [4.69, 9.17) is 0 Å². The van der Waals surface area contributed by atoms with Gasteiger partial charge in [0.25, 0.3) is 0 Å². The molecule has 1 amide bonds. The van der Waals surface area contributed by atoms with Crippen LogP contribution in [-0.2, 0) is 4.79 Å². The van der Waals surface area contributed by atoms with Crippen LogP contribution in [-0.4, -0.2) is 56.3 Å². The molecule has 0 spiro atoms. The summed E-state index contributed by atoms with van der Waals surface area (Å²) >= 11 is 1.68. The molecule has 7 nitrogen and oxygen atoms in total. The smallest absolute Gasteiger partial charge is 0.241 e. The monoisotopic (exact) mass is 298 g/mol. The van der Waals surface area contributed by atoms with Crippen molar-refractivity contribution in [3.05, 3.63) is 5.82 Å². The summed E-state index contributed by atoms with van der Waals surface area (Å²) in [4.78, 5) is 14.6. The van der Waals surface area contributed by atoms with E-state index >= 15 is 0 Å². The van der Waals surface area contributed by atoms with Crippen molar-refractivity contribution in [3.8, 4) is 0 Å². The van der Waals surface area contributed by atoms with E-state index in [0.29, 0.717) is 11.7 Å². The second-order valence-electron chi connectivity index (χ2n) is 5.26. The normalized spacial score (nSPS) is 20.6. The number of aromatic nitrogens is 4. The summed E-state index contributed by atoms with van der Waals surface area (Å²) in [6.07, 6.45) is 0.840. The van der Waals surface area contributed by atoms with Crippen LogP contribution < -0.4 is 5.32 Å². The molecular formula is C12H22N6OS. The highest BCUT2D eigenvalue weighted by atomic mass is 32.2. The zero-order valence-electron chi connectivity index (χ0n) is 12.2. The molecule has 1 aliphatic heterocycles. The van der Waals surface area contributed by atoms with Gasteiger partial charge in [0.05, 0.1) is 6.04 Å². The number of thioether (sulfide) groups is 1. The van der Waals surface area contributed by atoms with Crippen molar-refractivity contribution in [2.24, 2.45) is 5.92 Å². The molecule has 0 radical (unpaired) electrons. The Labute approximate surface area is 123 Å². The van der Waals surface area contributed by atoms with Crippen LogP contribution in [0.4, 0.5) is 0 Å². The Balaban J connectivity index is 2.09. The van der Waals surface area contributed by atoms with Gasteiger partial charge < -0.3 is 10.2 Å². The minimum Gasteiger partial charge on any atom is -0.321 e. The zero-order chi connectivity index (χ0) is 14.5. The average Bonchev–Trinajstić information content (AvgIpc) is 3.07. The fraction of sp³-hybridized carbons (Fsp3) is 0.833. The first-order chi connectivity index (χ1) is 9.63. The first kappa shape index (κ1) is 15.2. The zero-order valence-corrected chi connectivity index (χ0v) is 13.0. The fourth-order valence-electron chi connectivity index (χ4n) is 2.37. The quantitative estimate of drug-likeness (QED) is 0.808. The first-order valence-electron chi connectivity index (χ1n) is 7.02. The number of nitrogens with one attached hydrogen (secondary N) is 2. The number of carbonyl (C=O) groups excluding carboxylic acids is 1. The van der Waals surface area contributed by atoms with Crippen LogP contribution >= 0.6 is 11.8 Å². The van der Waals surface area contributed by atoms with Gasteiger partial charge in [-0.15, -0.1) is 22.0 Å². The molecule has 2 heterocycles. The third kappa shape index (κ3) is 3.49. The third-order valence-corrected chi connectivity index (χ3v) is 4.41. The summed E-state index contributed by atoms with van der Waals surface area (Å²) in [5, 5.41) is 17.2. The van der Waals surface area contributed by atoms with E-state index < -0.39 is 0 Å². The van der Waals surface area contributed by atoms with Crippen molar-refractivity contribution >= 4 is 17.7 Å². The molecule has 1 aromatic heterocycles. The molecule has 0 saturated carbocycles. The number of rotatable bonds is 6. The number of tetrazole rings is 1. The molecule has 20 heavy (non-hydrogen) atoms. The van der Waals surface area contributed by atoms with Crippen LogP contribution in [0.15, 0.2) is 0 Å². The molecule has 2 N–H and O–H groups in total. The summed E-state index contributed by atoms with van der Waals surface area (Å²) in [6, 6.07) is -0.131. The summed E-state index contributed by atoms with van der Waals surface area (Å²) in [5.41, 5.74) is 0. The number of likely N-dealkylation sites (N-methyl/N-ethyl adjacent to an activating group) is 1. The van der Waals surface area contributed by atoms with Gasteiger partial charge in [-0.25, -0.2) is 0 Å². The highest BCUT2D eigenvalue weighted by molar-refractivity contribution is 7.99. The van der Waals surface area contributed by atoms with Crippen molar-refractivity contribution < 1.29 is 4.79 Å². The lowest BCUT2D eigenvalue weighted by Crippen LogP contribution is -2.47. The molecule has 1 aliphatic rings. The highest BCUT2D eigenvalue weighted by Crippen LogP contribution is 2.36. The van der Waals surface area contributed by atoms with Gasteiger partial charge in [-0.2, -0.15) is 5.21 Å². The van der Waals surface area contributed by atoms with Crippen molar-refractivity contribution in [2.75, 3.05) is 18.8 Å². The van der Waals surface area contributed by atoms with E-state index in [0.717, 1.165) is 25.3 Å². The number of amides is 1. The Morgan fingerprint density at radius 1 is 1.60 bits per heavy atom. The molecule has 0 bridgehead atoms. The van der Waals surface area contributed by atoms with Crippen molar-refractivity contribution in [1.29, 1.82) is 0 Å². The van der Waals surface area contributed by atoms with Crippen LogP contribution in [0.3, 0.4) is 0 Å². The van der Waals surface area contributed by atoms with E-state index in [-0.39, 0.29) is 17.3 Å². The van der Waals surface area contributed by atoms with Crippen molar-refractivity contribution in [2.45, 2.75) is 38.6 Å². The number of hydrogen-bond acceptors (Lipinski definition) is 6. The Morgan fingerprint density at radius 3 is 3.00 bits per heavy atom. The first-order valence-corrected chi connectivity index (χ1v) is 8.07. The maximum Gasteiger partial charge on any atom is 0.241 e. The molecule has 0 aromatic carbocycles. The highest BCUT2D eigenvalue weighted by Gasteiger charge is 2.36. The maximum atomic E-state index is 12.7. The third-order valence-electron chi connectivity index (χ3n) is 3.21. The van der Waals surface area contributed by atoms with E-state index in [1.807, 2.05) is 11.8 Å². The molecule has 112 valence electrons. The maximum absolute atomic E-state index is 12.7. The topological polar surface area (TPSA) is 86.8 Å². The van der Waals surface area contributed by atoms with Crippen LogP contribution in [0.5, 0.6) is 0 Å². The molecule has 1 saturated heterocycles. The van der Waals surface area contributed by atoms with Gasteiger partial charge in [0.2, 0.25) is 11.7 Å². The molecule has 2 unspecified atom stereocenters. The molecule has 1 fully saturated rings. The van der Waals surface area contributed by atoms with Gasteiger partial charge in [0, 0.05) is 12.3 Å². The van der Waals surface area contributed by atoms with Crippen LogP contribution in [0, 0.1) is 5.92 Å². The SMILES string of the molecule is CCNC(CC(C)C)C(=O)N1CCSC1c1nn[nH]n1. The Bertz CT molecular complexity index is 424. The molecule has 2 atom stereocenters. The van der Waals surface area contributed by atoms with Crippen molar-refractivity contribution in [1.82, 2.24) is 30.8 Å². The van der Waals surface area contributed by atoms with Crippen LogP contribution in [0.2, 0.25) is 0 Å². The molecule has 1 aromatic rings. The Morgan fingerprint density at radius 2 is 2.40 bits per heavy atom. The summed E-state index contributed by atoms with van der Waals surface area (Å²) in [6.45, 7) is 7.82. The van der Waals surface area contributed by atoms with Gasteiger partial charge >= 0.3 is 0 Å². The average molecular weight is 298 g/mol. The number of hydrogen-bond donors (Lipinski definition) is 2. The van der Waals surface area contributed by atoms with E-state index in [1.165, 1.54) is 0 Å². The van der Waals surface area contributed by atoms with Gasteiger partial charge in [0.15, 0.2) is 0 Å². The van der Waals surface area contributed by atoms with Crippen LogP contribution in [0.1, 0.15) is 38.4 Å². The predicted octanol–water partition coefficient (Wildman–Crippen LogP) is 0.798. The number of nitrogens with zero attached hydrogens (tertiary/aromatic N) is 4. The lowest BCUT2D eigenvalue weighted by atomic mass is 10.0. The minimum absolute atomic E-state index is 0.116. The molecule has 2 rings (SSSR count). The Kier molecular flexibility index (Phi) is 5.36. The van der Waals surface area contributed by atoms with E-state index in [1.54, 1.807) is 11.8 Å². The standard InChI is InChI=1S/C12H22N6OS/c1-4-13-9(7-8(2)3)11(19)18-5-6-20-12(18)10-14-16-17-15-10/h8-9,12-13H,4-7H2,1-3H3,(H,14,15,16,17). The summed E-state index contributed by atoms with van der Waals surface area (Å²) in [7, 11) is 0. The number of aromatic amines is 1.